The van der Waals surface area contributed by atoms with Gasteiger partial charge < -0.3 is 29.9 Å². The van der Waals surface area contributed by atoms with Crippen molar-refractivity contribution in [3.8, 4) is 0 Å². The highest BCUT2D eigenvalue weighted by Crippen LogP contribution is 2.26. The fraction of sp³-hybridized carbons (Fsp3) is 0.462. The number of amides is 1. The van der Waals surface area contributed by atoms with Crippen molar-refractivity contribution >= 4 is 41.3 Å². The number of aromatic nitrogens is 2. The van der Waals surface area contributed by atoms with Crippen LogP contribution in [0.25, 0.3) is 6.08 Å². The molecule has 1 amide bonds. The van der Waals surface area contributed by atoms with Gasteiger partial charge in [-0.15, -0.1) is 0 Å². The van der Waals surface area contributed by atoms with E-state index >= 15 is 4.39 Å². The number of halogens is 1. The standard InChI is InChI=1S/C26H35FN6O4/c1-6-28-23-18(8-11-22(34)36-7-2)17-29-24(31-23)30-19-9-10-21(20(27)16-19)32-12-14-33(15-13-32)25(35)37-26(3,4)5/h8-11,16-17H,6-7,12-15H2,1-5H3,(H2,28,29,30,31). The van der Waals surface area contributed by atoms with Crippen molar-refractivity contribution in [1.82, 2.24) is 14.9 Å². The van der Waals surface area contributed by atoms with Crippen molar-refractivity contribution in [2.45, 2.75) is 40.2 Å². The van der Waals surface area contributed by atoms with Gasteiger partial charge in [0.05, 0.1) is 12.3 Å². The van der Waals surface area contributed by atoms with Crippen LogP contribution in [0.1, 0.15) is 40.2 Å². The number of hydrogen-bond donors (Lipinski definition) is 2. The largest absolute Gasteiger partial charge is 0.463 e. The van der Waals surface area contributed by atoms with Gasteiger partial charge in [0.25, 0.3) is 0 Å². The van der Waals surface area contributed by atoms with Crippen molar-refractivity contribution in [3.63, 3.8) is 0 Å². The molecule has 0 spiro atoms. The van der Waals surface area contributed by atoms with E-state index in [4.69, 9.17) is 9.47 Å². The number of esters is 1. The minimum atomic E-state index is -0.556. The zero-order valence-electron chi connectivity index (χ0n) is 22.0. The Labute approximate surface area is 216 Å². The zero-order valence-corrected chi connectivity index (χ0v) is 22.0. The second-order valence-corrected chi connectivity index (χ2v) is 9.36. The molecule has 1 aromatic carbocycles. The summed E-state index contributed by atoms with van der Waals surface area (Å²) in [7, 11) is 0. The van der Waals surface area contributed by atoms with E-state index in [-0.39, 0.29) is 12.0 Å². The predicted octanol–water partition coefficient (Wildman–Crippen LogP) is 4.42. The summed E-state index contributed by atoms with van der Waals surface area (Å²) in [6.45, 7) is 12.0. The molecular weight excluding hydrogens is 479 g/mol. The number of hydrogen-bond acceptors (Lipinski definition) is 9. The first-order valence-electron chi connectivity index (χ1n) is 12.3. The summed E-state index contributed by atoms with van der Waals surface area (Å²) in [6.07, 6.45) is 4.11. The van der Waals surface area contributed by atoms with Crippen LogP contribution in [-0.4, -0.2) is 71.9 Å². The number of rotatable bonds is 8. The van der Waals surface area contributed by atoms with E-state index in [0.29, 0.717) is 62.1 Å². The van der Waals surface area contributed by atoms with Gasteiger partial charge in [0.15, 0.2) is 0 Å². The Hall–Kier alpha value is -3.89. The van der Waals surface area contributed by atoms with Gasteiger partial charge in [0.2, 0.25) is 5.95 Å². The smallest absolute Gasteiger partial charge is 0.410 e. The fourth-order valence-electron chi connectivity index (χ4n) is 3.66. The second kappa shape index (κ2) is 12.4. The summed E-state index contributed by atoms with van der Waals surface area (Å²) in [5.41, 5.74) is 1.02. The van der Waals surface area contributed by atoms with Gasteiger partial charge in [0, 0.05) is 56.2 Å². The lowest BCUT2D eigenvalue weighted by atomic mass is 10.2. The van der Waals surface area contributed by atoms with Crippen LogP contribution in [0.4, 0.5) is 32.3 Å². The number of ether oxygens (including phenoxy) is 2. The molecule has 3 rings (SSSR count). The topological polar surface area (TPSA) is 109 Å². The summed E-state index contributed by atoms with van der Waals surface area (Å²) < 4.78 is 25.4. The van der Waals surface area contributed by atoms with Crippen LogP contribution >= 0.6 is 0 Å². The maximum atomic E-state index is 15.0. The number of carbonyl (C=O) groups is 2. The van der Waals surface area contributed by atoms with Crippen LogP contribution in [0.5, 0.6) is 0 Å². The predicted molar refractivity (Wildman–Crippen MR) is 142 cm³/mol. The Bertz CT molecular complexity index is 1130. The first-order valence-corrected chi connectivity index (χ1v) is 12.3. The Balaban J connectivity index is 1.65. The van der Waals surface area contributed by atoms with Crippen LogP contribution < -0.4 is 15.5 Å². The third kappa shape index (κ3) is 8.06. The third-order valence-corrected chi connectivity index (χ3v) is 5.32. The van der Waals surface area contributed by atoms with E-state index < -0.39 is 17.4 Å². The zero-order chi connectivity index (χ0) is 27.0. The first kappa shape index (κ1) is 27.7. The molecule has 2 aromatic rings. The Morgan fingerprint density at radius 3 is 2.51 bits per heavy atom. The molecule has 200 valence electrons. The molecule has 0 atom stereocenters. The molecule has 1 fully saturated rings. The van der Waals surface area contributed by atoms with E-state index in [9.17, 15) is 9.59 Å². The van der Waals surface area contributed by atoms with E-state index in [0.717, 1.165) is 0 Å². The van der Waals surface area contributed by atoms with Crippen LogP contribution in [-0.2, 0) is 14.3 Å². The Kier molecular flexibility index (Phi) is 9.26. The summed E-state index contributed by atoms with van der Waals surface area (Å²) in [5.74, 6) is -0.0339. The third-order valence-electron chi connectivity index (χ3n) is 5.32. The van der Waals surface area contributed by atoms with Crippen LogP contribution in [0.15, 0.2) is 30.5 Å². The monoisotopic (exact) mass is 514 g/mol. The lowest BCUT2D eigenvalue weighted by molar-refractivity contribution is -0.137. The van der Waals surface area contributed by atoms with Crippen molar-refractivity contribution in [2.75, 3.05) is 54.9 Å². The second-order valence-electron chi connectivity index (χ2n) is 9.36. The van der Waals surface area contributed by atoms with E-state index in [1.54, 1.807) is 36.2 Å². The van der Waals surface area contributed by atoms with Gasteiger partial charge in [-0.1, -0.05) is 0 Å². The summed E-state index contributed by atoms with van der Waals surface area (Å²) in [5, 5.41) is 6.16. The minimum absolute atomic E-state index is 0.280. The van der Waals surface area contributed by atoms with E-state index in [1.165, 1.54) is 12.1 Å². The fourth-order valence-corrected chi connectivity index (χ4v) is 3.66. The van der Waals surface area contributed by atoms with Gasteiger partial charge in [0.1, 0.15) is 17.2 Å². The Morgan fingerprint density at radius 1 is 1.16 bits per heavy atom. The number of benzene rings is 1. The molecule has 1 aromatic heterocycles. The van der Waals surface area contributed by atoms with Crippen molar-refractivity contribution in [1.29, 1.82) is 0 Å². The normalized spacial score (nSPS) is 14.0. The molecule has 0 saturated carbocycles. The molecular formula is C26H35FN6O4. The first-order chi connectivity index (χ1) is 17.6. The van der Waals surface area contributed by atoms with Gasteiger partial charge in [-0.05, 0) is 58.9 Å². The summed E-state index contributed by atoms with van der Waals surface area (Å²) in [4.78, 5) is 36.2. The molecule has 0 unspecified atom stereocenters. The van der Waals surface area contributed by atoms with E-state index in [2.05, 4.69) is 20.6 Å². The van der Waals surface area contributed by atoms with Gasteiger partial charge in [-0.2, -0.15) is 4.98 Å². The minimum Gasteiger partial charge on any atom is -0.463 e. The number of carbonyl (C=O) groups excluding carboxylic acids is 2. The van der Waals surface area contributed by atoms with Crippen LogP contribution in [0.3, 0.4) is 0 Å². The number of piperazine rings is 1. The number of nitrogens with one attached hydrogen (secondary N) is 2. The molecule has 10 nitrogen and oxygen atoms in total. The molecule has 2 N–H and O–H groups in total. The molecule has 0 bridgehead atoms. The lowest BCUT2D eigenvalue weighted by Crippen LogP contribution is -2.50. The molecule has 0 aliphatic carbocycles. The van der Waals surface area contributed by atoms with Gasteiger partial charge >= 0.3 is 12.1 Å². The molecule has 0 radical (unpaired) electrons. The summed E-state index contributed by atoms with van der Waals surface area (Å²) in [6, 6.07) is 4.84. The van der Waals surface area contributed by atoms with Crippen molar-refractivity contribution < 1.29 is 23.5 Å². The van der Waals surface area contributed by atoms with Gasteiger partial charge in [-0.25, -0.2) is 19.0 Å². The van der Waals surface area contributed by atoms with Crippen molar-refractivity contribution in [2.24, 2.45) is 0 Å². The number of anilines is 4. The highest BCUT2D eigenvalue weighted by Gasteiger charge is 2.26. The van der Waals surface area contributed by atoms with Crippen LogP contribution in [0.2, 0.25) is 0 Å². The quantitative estimate of drug-likeness (QED) is 0.391. The SMILES string of the molecule is CCNc1nc(Nc2ccc(N3CCN(C(=O)OC(C)(C)C)CC3)c(F)c2)ncc1C=CC(=O)OCC. The highest BCUT2D eigenvalue weighted by atomic mass is 19.1. The average molecular weight is 515 g/mol. The molecule has 2 heterocycles. The average Bonchev–Trinajstić information content (AvgIpc) is 2.83. The maximum Gasteiger partial charge on any atom is 0.410 e. The molecule has 37 heavy (non-hydrogen) atoms. The molecule has 1 aliphatic rings. The maximum absolute atomic E-state index is 15.0. The highest BCUT2D eigenvalue weighted by molar-refractivity contribution is 5.88. The molecule has 1 aliphatic heterocycles. The molecule has 1 saturated heterocycles. The van der Waals surface area contributed by atoms with Crippen LogP contribution in [0, 0.1) is 5.82 Å². The van der Waals surface area contributed by atoms with E-state index in [1.807, 2.05) is 32.6 Å². The van der Waals surface area contributed by atoms with Gasteiger partial charge in [-0.3, -0.25) is 0 Å². The Morgan fingerprint density at radius 2 is 1.89 bits per heavy atom. The van der Waals surface area contributed by atoms with Crippen molar-refractivity contribution in [3.05, 3.63) is 41.9 Å². The molecule has 11 heteroatoms. The summed E-state index contributed by atoms with van der Waals surface area (Å²) >= 11 is 0. The number of nitrogens with zero attached hydrogens (tertiary/aromatic N) is 4. The lowest BCUT2D eigenvalue weighted by Gasteiger charge is -2.36.